The Kier molecular flexibility index (Phi) is 7.94. The first-order valence-electron chi connectivity index (χ1n) is 12.9. The third kappa shape index (κ3) is 5.47. The van der Waals surface area contributed by atoms with E-state index >= 15 is 0 Å². The average molecular weight is 490 g/mol. The largest absolute Gasteiger partial charge is 0.340 e. The van der Waals surface area contributed by atoms with Gasteiger partial charge in [0.15, 0.2) is 0 Å². The number of benzene rings is 1. The Morgan fingerprint density at radius 1 is 1.09 bits per heavy atom. The SMILES string of the molecule is CCCn1c(CCC(=O)N2CCN(CC3CC3)CC2)nc2cc(S(=O)(=O)N(CC)CC)ccc21. The number of hydrogen-bond acceptors (Lipinski definition) is 5. The second-order valence-electron chi connectivity index (χ2n) is 9.54. The number of sulfonamides is 1. The molecular weight excluding hydrogens is 450 g/mol. The van der Waals surface area contributed by atoms with E-state index in [-0.39, 0.29) is 10.8 Å². The van der Waals surface area contributed by atoms with Crippen LogP contribution in [0.2, 0.25) is 0 Å². The van der Waals surface area contributed by atoms with Gasteiger partial charge in [-0.05, 0) is 43.4 Å². The molecule has 1 saturated carbocycles. The standard InChI is InChI=1S/C25H39N5O3S/c1-4-13-30-23-10-9-21(34(32,33)29(5-2)6-3)18-22(23)26-24(30)11-12-25(31)28-16-14-27(15-17-28)19-20-7-8-20/h9-10,18,20H,4-8,11-17,19H2,1-3H3. The molecule has 34 heavy (non-hydrogen) atoms. The summed E-state index contributed by atoms with van der Waals surface area (Å²) in [6, 6.07) is 5.22. The van der Waals surface area contributed by atoms with Crippen molar-refractivity contribution in [2.75, 3.05) is 45.8 Å². The number of carbonyl (C=O) groups excluding carboxylic acids is 1. The van der Waals surface area contributed by atoms with Gasteiger partial charge in [0.05, 0.1) is 15.9 Å². The van der Waals surface area contributed by atoms with Crippen LogP contribution in [0.25, 0.3) is 11.0 Å². The number of amides is 1. The van der Waals surface area contributed by atoms with Crippen molar-refractivity contribution in [3.05, 3.63) is 24.0 Å². The third-order valence-electron chi connectivity index (χ3n) is 7.09. The fourth-order valence-corrected chi connectivity index (χ4v) is 6.40. The van der Waals surface area contributed by atoms with Gasteiger partial charge in [-0.2, -0.15) is 4.31 Å². The van der Waals surface area contributed by atoms with Crippen molar-refractivity contribution in [3.8, 4) is 0 Å². The minimum absolute atomic E-state index is 0.186. The van der Waals surface area contributed by atoms with Crippen molar-refractivity contribution in [3.63, 3.8) is 0 Å². The Morgan fingerprint density at radius 2 is 1.79 bits per heavy atom. The second kappa shape index (κ2) is 10.7. The van der Waals surface area contributed by atoms with E-state index in [4.69, 9.17) is 4.98 Å². The van der Waals surface area contributed by atoms with E-state index in [1.165, 1.54) is 23.7 Å². The Bertz CT molecular complexity index is 1100. The smallest absolute Gasteiger partial charge is 0.243 e. The lowest BCUT2D eigenvalue weighted by Gasteiger charge is -2.34. The monoisotopic (exact) mass is 489 g/mol. The van der Waals surface area contributed by atoms with Gasteiger partial charge in [-0.3, -0.25) is 9.69 Å². The molecule has 1 aliphatic heterocycles. The number of nitrogens with zero attached hydrogens (tertiary/aromatic N) is 5. The predicted octanol–water partition coefficient (Wildman–Crippen LogP) is 2.96. The molecule has 188 valence electrons. The first kappa shape index (κ1) is 25.1. The molecule has 8 nitrogen and oxygen atoms in total. The van der Waals surface area contributed by atoms with E-state index in [1.807, 2.05) is 24.8 Å². The van der Waals surface area contributed by atoms with E-state index < -0.39 is 10.0 Å². The number of rotatable bonds is 11. The van der Waals surface area contributed by atoms with E-state index in [9.17, 15) is 13.2 Å². The highest BCUT2D eigenvalue weighted by atomic mass is 32.2. The topological polar surface area (TPSA) is 78.8 Å². The summed E-state index contributed by atoms with van der Waals surface area (Å²) >= 11 is 0. The molecule has 0 N–H and O–H groups in total. The first-order chi connectivity index (χ1) is 16.4. The minimum Gasteiger partial charge on any atom is -0.340 e. The third-order valence-corrected chi connectivity index (χ3v) is 9.14. The predicted molar refractivity (Wildman–Crippen MR) is 134 cm³/mol. The highest BCUT2D eigenvalue weighted by Crippen LogP contribution is 2.30. The van der Waals surface area contributed by atoms with Gasteiger partial charge in [-0.25, -0.2) is 13.4 Å². The van der Waals surface area contributed by atoms with E-state index in [1.54, 1.807) is 12.1 Å². The zero-order chi connectivity index (χ0) is 24.3. The van der Waals surface area contributed by atoms with Crippen LogP contribution in [0.5, 0.6) is 0 Å². The summed E-state index contributed by atoms with van der Waals surface area (Å²) in [7, 11) is -3.54. The molecule has 1 aliphatic carbocycles. The quantitative estimate of drug-likeness (QED) is 0.485. The highest BCUT2D eigenvalue weighted by Gasteiger charge is 2.28. The number of carbonyl (C=O) groups is 1. The van der Waals surface area contributed by atoms with Gasteiger partial charge >= 0.3 is 0 Å². The van der Waals surface area contributed by atoms with Gasteiger partial charge in [0.2, 0.25) is 15.9 Å². The Balaban J connectivity index is 1.46. The van der Waals surface area contributed by atoms with Crippen LogP contribution in [-0.2, 0) is 27.8 Å². The zero-order valence-electron chi connectivity index (χ0n) is 20.9. The van der Waals surface area contributed by atoms with Crippen molar-refractivity contribution in [2.24, 2.45) is 5.92 Å². The van der Waals surface area contributed by atoms with Crippen LogP contribution in [0.15, 0.2) is 23.1 Å². The van der Waals surface area contributed by atoms with Crippen LogP contribution in [0.4, 0.5) is 0 Å². The van der Waals surface area contributed by atoms with Crippen molar-refractivity contribution >= 4 is 27.0 Å². The molecular formula is C25H39N5O3S. The minimum atomic E-state index is -3.54. The van der Waals surface area contributed by atoms with Crippen LogP contribution in [0, 0.1) is 5.92 Å². The van der Waals surface area contributed by atoms with E-state index in [0.717, 1.165) is 56.4 Å². The Labute approximate surface area is 204 Å². The zero-order valence-corrected chi connectivity index (χ0v) is 21.7. The van der Waals surface area contributed by atoms with Crippen molar-refractivity contribution < 1.29 is 13.2 Å². The molecule has 1 amide bonds. The number of hydrogen-bond donors (Lipinski definition) is 0. The number of piperazine rings is 1. The molecule has 2 aromatic rings. The number of aryl methyl sites for hydroxylation is 2. The molecule has 0 spiro atoms. The summed E-state index contributed by atoms with van der Waals surface area (Å²) < 4.78 is 29.5. The maximum Gasteiger partial charge on any atom is 0.243 e. The average Bonchev–Trinajstić information content (AvgIpc) is 3.58. The number of fused-ring (bicyclic) bond motifs is 1. The fourth-order valence-electron chi connectivity index (χ4n) is 4.92. The van der Waals surface area contributed by atoms with Gasteiger partial charge in [0.25, 0.3) is 0 Å². The van der Waals surface area contributed by atoms with Crippen molar-refractivity contribution in [1.82, 2.24) is 23.7 Å². The molecule has 0 atom stereocenters. The summed E-state index contributed by atoms with van der Waals surface area (Å²) in [6.45, 7) is 12.2. The summed E-state index contributed by atoms with van der Waals surface area (Å²) in [5, 5.41) is 0. The van der Waals surface area contributed by atoms with Gasteiger partial charge in [0, 0.05) is 65.2 Å². The lowest BCUT2D eigenvalue weighted by molar-refractivity contribution is -0.132. The van der Waals surface area contributed by atoms with Gasteiger partial charge in [-0.15, -0.1) is 0 Å². The molecule has 1 aromatic heterocycles. The Hall–Kier alpha value is -1.97. The molecule has 2 aliphatic rings. The molecule has 2 fully saturated rings. The molecule has 2 heterocycles. The maximum absolute atomic E-state index is 13.0. The fraction of sp³-hybridized carbons (Fsp3) is 0.680. The number of imidazole rings is 1. The van der Waals surface area contributed by atoms with Crippen LogP contribution in [-0.4, -0.2) is 83.8 Å². The van der Waals surface area contributed by atoms with Gasteiger partial charge in [-0.1, -0.05) is 20.8 Å². The molecule has 0 radical (unpaired) electrons. The molecule has 0 unspecified atom stereocenters. The van der Waals surface area contributed by atoms with Crippen LogP contribution >= 0.6 is 0 Å². The summed E-state index contributed by atoms with van der Waals surface area (Å²) in [4.78, 5) is 22.5. The molecule has 0 bridgehead atoms. The summed E-state index contributed by atoms with van der Waals surface area (Å²) in [5.74, 6) is 1.93. The molecule has 4 rings (SSSR count). The molecule has 1 aromatic carbocycles. The highest BCUT2D eigenvalue weighted by molar-refractivity contribution is 7.89. The normalized spacial score (nSPS) is 17.7. The van der Waals surface area contributed by atoms with Crippen LogP contribution in [0.1, 0.15) is 52.3 Å². The van der Waals surface area contributed by atoms with E-state index in [0.29, 0.717) is 31.4 Å². The van der Waals surface area contributed by atoms with Crippen LogP contribution in [0.3, 0.4) is 0 Å². The second-order valence-corrected chi connectivity index (χ2v) is 11.5. The van der Waals surface area contributed by atoms with E-state index in [2.05, 4.69) is 16.4 Å². The Morgan fingerprint density at radius 3 is 2.41 bits per heavy atom. The first-order valence-corrected chi connectivity index (χ1v) is 14.3. The number of aromatic nitrogens is 2. The van der Waals surface area contributed by atoms with Gasteiger partial charge < -0.3 is 9.47 Å². The van der Waals surface area contributed by atoms with Crippen molar-refractivity contribution in [2.45, 2.75) is 64.3 Å². The molecule has 1 saturated heterocycles. The maximum atomic E-state index is 13.0. The lowest BCUT2D eigenvalue weighted by atomic mass is 10.2. The molecule has 9 heteroatoms. The van der Waals surface area contributed by atoms with Gasteiger partial charge in [0.1, 0.15) is 5.82 Å². The van der Waals surface area contributed by atoms with Crippen molar-refractivity contribution in [1.29, 1.82) is 0 Å². The summed E-state index contributed by atoms with van der Waals surface area (Å²) in [5.41, 5.74) is 1.61. The van der Waals surface area contributed by atoms with Crippen LogP contribution < -0.4 is 0 Å². The lowest BCUT2D eigenvalue weighted by Crippen LogP contribution is -2.49. The summed E-state index contributed by atoms with van der Waals surface area (Å²) in [6.07, 6.45) is 4.66.